The van der Waals surface area contributed by atoms with Crippen LogP contribution in [0.15, 0.2) is 12.1 Å². The van der Waals surface area contributed by atoms with Crippen molar-refractivity contribution in [3.63, 3.8) is 0 Å². The molecular weight excluding hydrogens is 255 g/mol. The van der Waals surface area contributed by atoms with Gasteiger partial charge in [-0.25, -0.2) is 4.79 Å². The maximum absolute atomic E-state index is 12.1. The van der Waals surface area contributed by atoms with Gasteiger partial charge < -0.3 is 14.6 Å². The van der Waals surface area contributed by atoms with Gasteiger partial charge in [0.2, 0.25) is 0 Å². The lowest BCUT2D eigenvalue weighted by atomic mass is 10.1. The molecule has 0 unspecified atom stereocenters. The molecule has 96 valence electrons. The molecule has 0 atom stereocenters. The van der Waals surface area contributed by atoms with Crippen LogP contribution in [0.2, 0.25) is 0 Å². The molecule has 0 bridgehead atoms. The number of phenolic OH excluding ortho intramolecular Hbond substituents is 1. The predicted octanol–water partition coefficient (Wildman–Crippen LogP) is 1.95. The average molecular weight is 261 g/mol. The van der Waals surface area contributed by atoms with E-state index in [1.165, 1.54) is 6.07 Å². The number of hydrogen-bond acceptors (Lipinski definition) is 5. The van der Waals surface area contributed by atoms with Gasteiger partial charge in [-0.2, -0.15) is 5.26 Å². The van der Waals surface area contributed by atoms with Crippen LogP contribution >= 0.6 is 0 Å². The first-order valence-electron chi connectivity index (χ1n) is 4.40. The quantitative estimate of drug-likeness (QED) is 0.823. The number of rotatable bonds is 2. The van der Waals surface area contributed by atoms with Crippen LogP contribution in [0.1, 0.15) is 15.9 Å². The number of carbonyl (C=O) groups is 1. The molecule has 0 aromatic heterocycles. The van der Waals surface area contributed by atoms with Gasteiger partial charge in [0, 0.05) is 0 Å². The molecule has 0 aliphatic heterocycles. The standard InChI is InChI=1S/C10H6F3NO4/c1-17-9(16)5-2-3-7(15)8(6(5)4-14)18-10(11,12)13/h2-3,15H,1H3. The minimum atomic E-state index is -5.10. The second kappa shape index (κ2) is 4.83. The molecule has 8 heteroatoms. The second-order valence-corrected chi connectivity index (χ2v) is 2.99. The van der Waals surface area contributed by atoms with E-state index in [9.17, 15) is 23.1 Å². The summed E-state index contributed by atoms with van der Waals surface area (Å²) in [6.45, 7) is 0. The Morgan fingerprint density at radius 3 is 2.50 bits per heavy atom. The number of halogens is 3. The Kier molecular flexibility index (Phi) is 3.66. The van der Waals surface area contributed by atoms with Gasteiger partial charge in [-0.1, -0.05) is 0 Å². The first-order chi connectivity index (χ1) is 8.30. The number of nitriles is 1. The number of alkyl halides is 3. The monoisotopic (exact) mass is 261 g/mol. The van der Waals surface area contributed by atoms with Crippen molar-refractivity contribution in [2.45, 2.75) is 6.36 Å². The van der Waals surface area contributed by atoms with E-state index in [0.29, 0.717) is 0 Å². The zero-order valence-electron chi connectivity index (χ0n) is 8.91. The van der Waals surface area contributed by atoms with E-state index in [1.807, 2.05) is 0 Å². The van der Waals surface area contributed by atoms with E-state index in [1.54, 1.807) is 0 Å². The highest BCUT2D eigenvalue weighted by molar-refractivity contribution is 5.93. The minimum Gasteiger partial charge on any atom is -0.504 e. The summed E-state index contributed by atoms with van der Waals surface area (Å²) < 4.78 is 44.1. The summed E-state index contributed by atoms with van der Waals surface area (Å²) in [7, 11) is 1.00. The largest absolute Gasteiger partial charge is 0.573 e. The normalized spacial score (nSPS) is 10.6. The molecule has 0 amide bonds. The highest BCUT2D eigenvalue weighted by Gasteiger charge is 2.35. The molecular formula is C10H6F3NO4. The van der Waals surface area contributed by atoms with Crippen molar-refractivity contribution in [3.8, 4) is 17.6 Å². The van der Waals surface area contributed by atoms with Gasteiger partial charge in [0.15, 0.2) is 11.5 Å². The van der Waals surface area contributed by atoms with E-state index in [0.717, 1.165) is 19.2 Å². The Morgan fingerprint density at radius 1 is 1.44 bits per heavy atom. The molecule has 0 radical (unpaired) electrons. The fourth-order valence-electron chi connectivity index (χ4n) is 1.18. The summed E-state index contributed by atoms with van der Waals surface area (Å²) in [4.78, 5) is 11.2. The van der Waals surface area contributed by atoms with Crippen molar-refractivity contribution < 1.29 is 32.5 Å². The molecule has 0 saturated carbocycles. The Bertz CT molecular complexity index is 519. The van der Waals surface area contributed by atoms with Gasteiger partial charge in [0.05, 0.1) is 12.7 Å². The van der Waals surface area contributed by atoms with Crippen LogP contribution in [0.5, 0.6) is 11.5 Å². The lowest BCUT2D eigenvalue weighted by Gasteiger charge is -2.13. The smallest absolute Gasteiger partial charge is 0.504 e. The maximum Gasteiger partial charge on any atom is 0.573 e. The van der Waals surface area contributed by atoms with Crippen LogP contribution in [0, 0.1) is 11.3 Å². The van der Waals surface area contributed by atoms with Gasteiger partial charge in [0.1, 0.15) is 11.6 Å². The third kappa shape index (κ3) is 2.82. The molecule has 0 fully saturated rings. The van der Waals surface area contributed by atoms with E-state index >= 15 is 0 Å². The van der Waals surface area contributed by atoms with Crippen LogP contribution < -0.4 is 4.74 Å². The molecule has 5 nitrogen and oxygen atoms in total. The van der Waals surface area contributed by atoms with Gasteiger partial charge >= 0.3 is 12.3 Å². The van der Waals surface area contributed by atoms with Crippen LogP contribution in [0.4, 0.5) is 13.2 Å². The maximum atomic E-state index is 12.1. The Hall–Kier alpha value is -2.43. The lowest BCUT2D eigenvalue weighted by Crippen LogP contribution is -2.19. The van der Waals surface area contributed by atoms with Crippen LogP contribution in [0.25, 0.3) is 0 Å². The number of benzene rings is 1. The summed E-state index contributed by atoms with van der Waals surface area (Å²) in [5.74, 6) is -3.05. The third-order valence-corrected chi connectivity index (χ3v) is 1.87. The predicted molar refractivity (Wildman–Crippen MR) is 50.8 cm³/mol. The number of aromatic hydroxyl groups is 1. The highest BCUT2D eigenvalue weighted by atomic mass is 19.4. The zero-order chi connectivity index (χ0) is 13.9. The summed E-state index contributed by atoms with van der Waals surface area (Å²) >= 11 is 0. The second-order valence-electron chi connectivity index (χ2n) is 2.99. The molecule has 0 saturated heterocycles. The van der Waals surface area contributed by atoms with Gasteiger partial charge in [-0.15, -0.1) is 13.2 Å². The number of methoxy groups -OCH3 is 1. The molecule has 0 heterocycles. The zero-order valence-corrected chi connectivity index (χ0v) is 8.91. The molecule has 18 heavy (non-hydrogen) atoms. The van der Waals surface area contributed by atoms with E-state index < -0.39 is 35.0 Å². The fraction of sp³-hybridized carbons (Fsp3) is 0.200. The molecule has 1 N–H and O–H groups in total. The molecule has 1 aromatic rings. The molecule has 1 rings (SSSR count). The van der Waals surface area contributed by atoms with Crippen molar-refractivity contribution in [2.24, 2.45) is 0 Å². The summed E-state index contributed by atoms with van der Waals surface area (Å²) in [5, 5.41) is 18.0. The Balaban J connectivity index is 3.41. The van der Waals surface area contributed by atoms with E-state index in [2.05, 4.69) is 9.47 Å². The number of carbonyl (C=O) groups excluding carboxylic acids is 1. The summed E-state index contributed by atoms with van der Waals surface area (Å²) in [6.07, 6.45) is -5.10. The topological polar surface area (TPSA) is 79.6 Å². The van der Waals surface area contributed by atoms with Crippen LogP contribution in [-0.4, -0.2) is 24.5 Å². The first kappa shape index (κ1) is 13.6. The highest BCUT2D eigenvalue weighted by Crippen LogP contribution is 2.36. The van der Waals surface area contributed by atoms with E-state index in [4.69, 9.17) is 5.26 Å². The summed E-state index contributed by atoms with van der Waals surface area (Å²) in [6, 6.07) is 3.12. The van der Waals surface area contributed by atoms with E-state index in [-0.39, 0.29) is 0 Å². The number of nitrogens with zero attached hydrogens (tertiary/aromatic N) is 1. The lowest BCUT2D eigenvalue weighted by molar-refractivity contribution is -0.275. The van der Waals surface area contributed by atoms with Gasteiger partial charge in [-0.3, -0.25) is 0 Å². The minimum absolute atomic E-state index is 0.433. The van der Waals surface area contributed by atoms with Crippen molar-refractivity contribution >= 4 is 5.97 Å². The number of phenols is 1. The van der Waals surface area contributed by atoms with Crippen LogP contribution in [0.3, 0.4) is 0 Å². The van der Waals surface area contributed by atoms with Gasteiger partial charge in [-0.05, 0) is 12.1 Å². The first-order valence-corrected chi connectivity index (χ1v) is 4.40. The fourth-order valence-corrected chi connectivity index (χ4v) is 1.18. The molecule has 0 aliphatic carbocycles. The SMILES string of the molecule is COC(=O)c1ccc(O)c(OC(F)(F)F)c1C#N. The third-order valence-electron chi connectivity index (χ3n) is 1.87. The number of hydrogen-bond donors (Lipinski definition) is 1. The van der Waals surface area contributed by atoms with Crippen molar-refractivity contribution in [1.29, 1.82) is 5.26 Å². The molecule has 1 aromatic carbocycles. The van der Waals surface area contributed by atoms with Crippen molar-refractivity contribution in [3.05, 3.63) is 23.3 Å². The number of ether oxygens (including phenoxy) is 2. The van der Waals surface area contributed by atoms with Crippen LogP contribution in [-0.2, 0) is 4.74 Å². The molecule has 0 spiro atoms. The summed E-state index contributed by atoms with van der Waals surface area (Å²) in [5.41, 5.74) is -1.18. The Morgan fingerprint density at radius 2 is 2.06 bits per heavy atom. The number of esters is 1. The Labute approximate surface area is 99.0 Å². The van der Waals surface area contributed by atoms with Crippen molar-refractivity contribution in [1.82, 2.24) is 0 Å². The van der Waals surface area contributed by atoms with Gasteiger partial charge in [0.25, 0.3) is 0 Å². The average Bonchev–Trinajstić information content (AvgIpc) is 2.29. The molecule has 0 aliphatic rings. The van der Waals surface area contributed by atoms with Crippen molar-refractivity contribution in [2.75, 3.05) is 7.11 Å².